The first-order valence-corrected chi connectivity index (χ1v) is 7.24. The van der Waals surface area contributed by atoms with Gasteiger partial charge in [0.2, 0.25) is 11.8 Å². The Bertz CT molecular complexity index is 633. The van der Waals surface area contributed by atoms with Crippen molar-refractivity contribution in [1.29, 1.82) is 0 Å². The lowest BCUT2D eigenvalue weighted by molar-refractivity contribution is -0.128. The molecule has 0 spiro atoms. The zero-order chi connectivity index (χ0) is 15.2. The SMILES string of the molecule is CCCNC(=O)[C@@H](C)NC(=O)Cc1c[nH]c2ccccc12. The quantitative estimate of drug-likeness (QED) is 0.757. The summed E-state index contributed by atoms with van der Waals surface area (Å²) in [5, 5.41) is 6.53. The number of hydrogen-bond donors (Lipinski definition) is 3. The highest BCUT2D eigenvalue weighted by atomic mass is 16.2. The maximum absolute atomic E-state index is 12.0. The molecule has 0 aliphatic heterocycles. The van der Waals surface area contributed by atoms with E-state index >= 15 is 0 Å². The van der Waals surface area contributed by atoms with Gasteiger partial charge in [0.05, 0.1) is 6.42 Å². The van der Waals surface area contributed by atoms with Crippen LogP contribution in [0.5, 0.6) is 0 Å². The van der Waals surface area contributed by atoms with Crippen LogP contribution < -0.4 is 10.6 Å². The summed E-state index contributed by atoms with van der Waals surface area (Å²) in [5.74, 6) is -0.303. The van der Waals surface area contributed by atoms with Crippen LogP contribution in [0.3, 0.4) is 0 Å². The average Bonchev–Trinajstić information content (AvgIpc) is 2.88. The predicted octanol–water partition coefficient (Wildman–Crippen LogP) is 1.74. The van der Waals surface area contributed by atoms with Crippen LogP contribution in [-0.2, 0) is 16.0 Å². The summed E-state index contributed by atoms with van der Waals surface area (Å²) in [7, 11) is 0. The van der Waals surface area contributed by atoms with Crippen LogP contribution in [0.1, 0.15) is 25.8 Å². The molecule has 0 bridgehead atoms. The molecule has 2 rings (SSSR count). The Morgan fingerprint density at radius 1 is 1.29 bits per heavy atom. The fourth-order valence-corrected chi connectivity index (χ4v) is 2.21. The molecular weight excluding hydrogens is 266 g/mol. The second kappa shape index (κ2) is 6.92. The monoisotopic (exact) mass is 287 g/mol. The first-order chi connectivity index (χ1) is 10.1. The van der Waals surface area contributed by atoms with E-state index in [0.717, 1.165) is 22.9 Å². The lowest BCUT2D eigenvalue weighted by Crippen LogP contribution is -2.45. The number of H-pyrrole nitrogens is 1. The number of aromatic nitrogens is 1. The predicted molar refractivity (Wildman–Crippen MR) is 82.9 cm³/mol. The summed E-state index contributed by atoms with van der Waals surface area (Å²) in [6.45, 7) is 4.31. The summed E-state index contributed by atoms with van der Waals surface area (Å²) < 4.78 is 0. The molecule has 0 fully saturated rings. The number of nitrogens with one attached hydrogen (secondary N) is 3. The van der Waals surface area contributed by atoms with Gasteiger partial charge in [-0.2, -0.15) is 0 Å². The third-order valence-electron chi connectivity index (χ3n) is 3.35. The zero-order valence-corrected chi connectivity index (χ0v) is 12.4. The Hall–Kier alpha value is -2.30. The molecule has 5 heteroatoms. The van der Waals surface area contributed by atoms with E-state index in [1.54, 1.807) is 6.92 Å². The second-order valence-corrected chi connectivity index (χ2v) is 5.12. The van der Waals surface area contributed by atoms with Crippen molar-refractivity contribution in [2.24, 2.45) is 0 Å². The Morgan fingerprint density at radius 2 is 2.05 bits per heavy atom. The van der Waals surface area contributed by atoms with E-state index in [2.05, 4.69) is 15.6 Å². The topological polar surface area (TPSA) is 74.0 Å². The van der Waals surface area contributed by atoms with Crippen LogP contribution in [0.2, 0.25) is 0 Å². The highest BCUT2D eigenvalue weighted by Crippen LogP contribution is 2.17. The normalized spacial score (nSPS) is 12.1. The standard InChI is InChI=1S/C16H21N3O2/c1-3-8-17-16(21)11(2)19-15(20)9-12-10-18-14-7-5-4-6-13(12)14/h4-7,10-11,18H,3,8-9H2,1-2H3,(H,17,21)(H,19,20)/t11-/m1/s1. The van der Waals surface area contributed by atoms with E-state index in [1.165, 1.54) is 0 Å². The molecule has 0 aliphatic carbocycles. The molecule has 1 atom stereocenters. The molecule has 5 nitrogen and oxygen atoms in total. The minimum absolute atomic E-state index is 0.149. The first-order valence-electron chi connectivity index (χ1n) is 7.24. The molecule has 21 heavy (non-hydrogen) atoms. The van der Waals surface area contributed by atoms with Gasteiger partial charge in [-0.05, 0) is 25.0 Å². The van der Waals surface area contributed by atoms with Crippen molar-refractivity contribution in [2.75, 3.05) is 6.54 Å². The molecule has 1 heterocycles. The molecule has 0 radical (unpaired) electrons. The van der Waals surface area contributed by atoms with Crippen LogP contribution in [0.4, 0.5) is 0 Å². The molecule has 3 N–H and O–H groups in total. The molecule has 112 valence electrons. The highest BCUT2D eigenvalue weighted by Gasteiger charge is 2.16. The molecule has 0 aliphatic rings. The van der Waals surface area contributed by atoms with Gasteiger partial charge in [-0.15, -0.1) is 0 Å². The first kappa shape index (κ1) is 15.1. The van der Waals surface area contributed by atoms with Gasteiger partial charge >= 0.3 is 0 Å². The van der Waals surface area contributed by atoms with Gasteiger partial charge in [-0.25, -0.2) is 0 Å². The number of carbonyl (C=O) groups is 2. The smallest absolute Gasteiger partial charge is 0.242 e. The summed E-state index contributed by atoms with van der Waals surface area (Å²) in [5.41, 5.74) is 1.94. The van der Waals surface area contributed by atoms with Crippen molar-refractivity contribution >= 4 is 22.7 Å². The molecule has 0 unspecified atom stereocenters. The Kier molecular flexibility index (Phi) is 4.98. The van der Waals surface area contributed by atoms with Crippen molar-refractivity contribution in [1.82, 2.24) is 15.6 Å². The van der Waals surface area contributed by atoms with Gasteiger partial charge in [0.25, 0.3) is 0 Å². The Morgan fingerprint density at radius 3 is 2.81 bits per heavy atom. The number of carbonyl (C=O) groups excluding carboxylic acids is 2. The van der Waals surface area contributed by atoms with Gasteiger partial charge in [0, 0.05) is 23.6 Å². The number of rotatable bonds is 6. The van der Waals surface area contributed by atoms with Crippen LogP contribution in [0, 0.1) is 0 Å². The molecular formula is C16H21N3O2. The van der Waals surface area contributed by atoms with Crippen LogP contribution in [-0.4, -0.2) is 29.4 Å². The molecule has 0 saturated heterocycles. The fourth-order valence-electron chi connectivity index (χ4n) is 2.21. The summed E-state index contributed by atoms with van der Waals surface area (Å²) >= 11 is 0. The van der Waals surface area contributed by atoms with E-state index in [-0.39, 0.29) is 18.2 Å². The van der Waals surface area contributed by atoms with Crippen LogP contribution in [0.25, 0.3) is 10.9 Å². The molecule has 0 saturated carbocycles. The molecule has 1 aromatic heterocycles. The minimum Gasteiger partial charge on any atom is -0.361 e. The van der Waals surface area contributed by atoms with E-state index in [0.29, 0.717) is 6.54 Å². The van der Waals surface area contributed by atoms with E-state index < -0.39 is 6.04 Å². The molecule has 1 aromatic carbocycles. The summed E-state index contributed by atoms with van der Waals surface area (Å²) in [4.78, 5) is 26.9. The summed E-state index contributed by atoms with van der Waals surface area (Å²) in [6, 6.07) is 7.32. The van der Waals surface area contributed by atoms with E-state index in [1.807, 2.05) is 37.4 Å². The average molecular weight is 287 g/mol. The van der Waals surface area contributed by atoms with Gasteiger partial charge in [-0.1, -0.05) is 25.1 Å². The number of amides is 2. The second-order valence-electron chi connectivity index (χ2n) is 5.12. The minimum atomic E-state index is -0.519. The maximum Gasteiger partial charge on any atom is 0.242 e. The third-order valence-corrected chi connectivity index (χ3v) is 3.35. The number of aromatic amines is 1. The van der Waals surface area contributed by atoms with Gasteiger partial charge in [-0.3, -0.25) is 9.59 Å². The largest absolute Gasteiger partial charge is 0.361 e. The van der Waals surface area contributed by atoms with Gasteiger partial charge in [0.1, 0.15) is 6.04 Å². The summed E-state index contributed by atoms with van der Waals surface area (Å²) in [6.07, 6.45) is 2.98. The maximum atomic E-state index is 12.0. The number of hydrogen-bond acceptors (Lipinski definition) is 2. The van der Waals surface area contributed by atoms with Crippen LogP contribution in [0.15, 0.2) is 30.5 Å². The van der Waals surface area contributed by atoms with Crippen molar-refractivity contribution in [3.8, 4) is 0 Å². The fraction of sp³-hybridized carbons (Fsp3) is 0.375. The Labute approximate surface area is 124 Å². The van der Waals surface area contributed by atoms with Gasteiger partial charge < -0.3 is 15.6 Å². The highest BCUT2D eigenvalue weighted by molar-refractivity contribution is 5.91. The van der Waals surface area contributed by atoms with Gasteiger partial charge in [0.15, 0.2) is 0 Å². The van der Waals surface area contributed by atoms with Crippen molar-refractivity contribution in [3.05, 3.63) is 36.0 Å². The van der Waals surface area contributed by atoms with E-state index in [4.69, 9.17) is 0 Å². The number of para-hydroxylation sites is 1. The van der Waals surface area contributed by atoms with Crippen molar-refractivity contribution in [3.63, 3.8) is 0 Å². The lowest BCUT2D eigenvalue weighted by Gasteiger charge is -2.13. The molecule has 2 amide bonds. The van der Waals surface area contributed by atoms with Crippen molar-refractivity contribution < 1.29 is 9.59 Å². The third kappa shape index (κ3) is 3.84. The van der Waals surface area contributed by atoms with E-state index in [9.17, 15) is 9.59 Å². The Balaban J connectivity index is 1.94. The molecule has 2 aromatic rings. The number of benzene rings is 1. The lowest BCUT2D eigenvalue weighted by atomic mass is 10.1. The number of fused-ring (bicyclic) bond motifs is 1. The van der Waals surface area contributed by atoms with Crippen LogP contribution >= 0.6 is 0 Å². The zero-order valence-electron chi connectivity index (χ0n) is 12.4. The van der Waals surface area contributed by atoms with Crippen molar-refractivity contribution in [2.45, 2.75) is 32.7 Å².